The standard InChI is InChI=1S/C14H16BrN3O2S/c1-2-3-16-11-5-12(7-13(6-11)18(19)20)17-8-14-4-10(15)9-21-14/h4-7,9,16-17H,2-3,8H2,1H3. The summed E-state index contributed by atoms with van der Waals surface area (Å²) in [5.41, 5.74) is 1.60. The van der Waals surface area contributed by atoms with E-state index in [9.17, 15) is 10.1 Å². The lowest BCUT2D eigenvalue weighted by atomic mass is 10.2. The van der Waals surface area contributed by atoms with Crippen molar-refractivity contribution in [1.82, 2.24) is 0 Å². The van der Waals surface area contributed by atoms with Gasteiger partial charge < -0.3 is 10.6 Å². The fourth-order valence-electron chi connectivity index (χ4n) is 1.83. The van der Waals surface area contributed by atoms with Gasteiger partial charge in [-0.05, 0) is 34.5 Å². The van der Waals surface area contributed by atoms with E-state index in [0.29, 0.717) is 6.54 Å². The molecule has 0 unspecified atom stereocenters. The predicted octanol–water partition coefficient (Wildman–Crippen LogP) is 4.85. The second kappa shape index (κ2) is 7.42. The second-order valence-corrected chi connectivity index (χ2v) is 6.45. The minimum Gasteiger partial charge on any atom is -0.385 e. The number of hydrogen-bond acceptors (Lipinski definition) is 5. The molecule has 2 aromatic rings. The molecule has 2 N–H and O–H groups in total. The van der Waals surface area contributed by atoms with Gasteiger partial charge in [-0.2, -0.15) is 0 Å². The molecule has 0 aliphatic rings. The zero-order valence-corrected chi connectivity index (χ0v) is 14.0. The average molecular weight is 370 g/mol. The summed E-state index contributed by atoms with van der Waals surface area (Å²) in [6, 6.07) is 7.04. The molecule has 0 radical (unpaired) electrons. The Labute approximate surface area is 135 Å². The van der Waals surface area contributed by atoms with Crippen molar-refractivity contribution >= 4 is 44.3 Å². The molecule has 0 saturated heterocycles. The Hall–Kier alpha value is -1.60. The van der Waals surface area contributed by atoms with Crippen LogP contribution < -0.4 is 10.6 Å². The third-order valence-electron chi connectivity index (χ3n) is 2.80. The van der Waals surface area contributed by atoms with Gasteiger partial charge in [0.05, 0.1) is 4.92 Å². The summed E-state index contributed by atoms with van der Waals surface area (Å²) in [7, 11) is 0. The summed E-state index contributed by atoms with van der Waals surface area (Å²) >= 11 is 5.05. The van der Waals surface area contributed by atoms with Crippen molar-refractivity contribution in [3.63, 3.8) is 0 Å². The second-order valence-electron chi connectivity index (χ2n) is 4.54. The zero-order chi connectivity index (χ0) is 15.2. The van der Waals surface area contributed by atoms with Crippen LogP contribution in [0.4, 0.5) is 17.1 Å². The lowest BCUT2D eigenvalue weighted by molar-refractivity contribution is -0.384. The molecule has 5 nitrogen and oxygen atoms in total. The summed E-state index contributed by atoms with van der Waals surface area (Å²) in [5, 5.41) is 19.4. The number of halogens is 1. The number of hydrogen-bond donors (Lipinski definition) is 2. The van der Waals surface area contributed by atoms with Crippen LogP contribution in [0.2, 0.25) is 0 Å². The van der Waals surface area contributed by atoms with Gasteiger partial charge >= 0.3 is 0 Å². The van der Waals surface area contributed by atoms with Crippen LogP contribution in [0.5, 0.6) is 0 Å². The lowest BCUT2D eigenvalue weighted by Crippen LogP contribution is -2.03. The Morgan fingerprint density at radius 1 is 1.24 bits per heavy atom. The number of non-ortho nitro benzene ring substituents is 1. The number of thiophene rings is 1. The van der Waals surface area contributed by atoms with E-state index in [1.165, 1.54) is 0 Å². The minimum absolute atomic E-state index is 0.0889. The van der Waals surface area contributed by atoms with Crippen molar-refractivity contribution in [3.8, 4) is 0 Å². The van der Waals surface area contributed by atoms with Crippen molar-refractivity contribution in [1.29, 1.82) is 0 Å². The van der Waals surface area contributed by atoms with Gasteiger partial charge in [0.15, 0.2) is 0 Å². The number of benzene rings is 1. The summed E-state index contributed by atoms with van der Waals surface area (Å²) < 4.78 is 1.05. The Balaban J connectivity index is 2.12. The summed E-state index contributed by atoms with van der Waals surface area (Å²) in [5.74, 6) is 0. The first kappa shape index (κ1) is 15.8. The van der Waals surface area contributed by atoms with Crippen LogP contribution in [-0.2, 0) is 6.54 Å². The van der Waals surface area contributed by atoms with Gasteiger partial charge in [0.1, 0.15) is 0 Å². The van der Waals surface area contributed by atoms with Crippen molar-refractivity contribution in [2.75, 3.05) is 17.2 Å². The van der Waals surface area contributed by atoms with Crippen molar-refractivity contribution in [2.45, 2.75) is 19.9 Å². The molecule has 0 fully saturated rings. The van der Waals surface area contributed by atoms with Crippen LogP contribution in [0.15, 0.2) is 34.1 Å². The molecule has 0 spiro atoms. The molecule has 1 aromatic carbocycles. The Morgan fingerprint density at radius 3 is 2.52 bits per heavy atom. The smallest absolute Gasteiger partial charge is 0.273 e. The number of nitro benzene ring substituents is 1. The molecule has 0 aliphatic heterocycles. The highest BCUT2D eigenvalue weighted by molar-refractivity contribution is 9.10. The molecule has 2 rings (SSSR count). The predicted molar refractivity (Wildman–Crippen MR) is 91.2 cm³/mol. The number of nitro groups is 1. The monoisotopic (exact) mass is 369 g/mol. The van der Waals surface area contributed by atoms with E-state index in [1.807, 2.05) is 17.5 Å². The van der Waals surface area contributed by atoms with Gasteiger partial charge in [0, 0.05) is 51.3 Å². The highest BCUT2D eigenvalue weighted by Gasteiger charge is 2.10. The topological polar surface area (TPSA) is 67.2 Å². The largest absolute Gasteiger partial charge is 0.385 e. The van der Waals surface area contributed by atoms with Crippen LogP contribution in [0.25, 0.3) is 0 Å². The molecule has 21 heavy (non-hydrogen) atoms. The average Bonchev–Trinajstić information content (AvgIpc) is 2.88. The van der Waals surface area contributed by atoms with E-state index in [-0.39, 0.29) is 10.6 Å². The molecule has 0 saturated carbocycles. The first-order chi connectivity index (χ1) is 10.1. The maximum atomic E-state index is 11.0. The minimum atomic E-state index is -0.371. The van der Waals surface area contributed by atoms with Gasteiger partial charge in [-0.25, -0.2) is 0 Å². The highest BCUT2D eigenvalue weighted by Crippen LogP contribution is 2.26. The molecular weight excluding hydrogens is 354 g/mol. The first-order valence-corrected chi connectivity index (χ1v) is 8.26. The van der Waals surface area contributed by atoms with E-state index in [4.69, 9.17) is 0 Å². The maximum Gasteiger partial charge on any atom is 0.273 e. The van der Waals surface area contributed by atoms with E-state index >= 15 is 0 Å². The maximum absolute atomic E-state index is 11.0. The van der Waals surface area contributed by atoms with Crippen LogP contribution in [0.1, 0.15) is 18.2 Å². The van der Waals surface area contributed by atoms with Crippen molar-refractivity contribution < 1.29 is 4.92 Å². The first-order valence-electron chi connectivity index (χ1n) is 6.58. The number of anilines is 2. The zero-order valence-electron chi connectivity index (χ0n) is 11.6. The molecule has 1 heterocycles. The van der Waals surface area contributed by atoms with Gasteiger partial charge in [0.25, 0.3) is 5.69 Å². The molecule has 1 aromatic heterocycles. The van der Waals surface area contributed by atoms with Gasteiger partial charge in [-0.15, -0.1) is 11.3 Å². The Kier molecular flexibility index (Phi) is 5.58. The van der Waals surface area contributed by atoms with Crippen LogP contribution >= 0.6 is 27.3 Å². The highest BCUT2D eigenvalue weighted by atomic mass is 79.9. The van der Waals surface area contributed by atoms with Gasteiger partial charge in [-0.1, -0.05) is 6.92 Å². The molecule has 112 valence electrons. The van der Waals surface area contributed by atoms with Crippen LogP contribution in [0, 0.1) is 10.1 Å². The van der Waals surface area contributed by atoms with Crippen molar-refractivity contribution in [2.24, 2.45) is 0 Å². The normalized spacial score (nSPS) is 10.4. The summed E-state index contributed by atoms with van der Waals surface area (Å²) in [6.45, 7) is 3.49. The SMILES string of the molecule is CCCNc1cc(NCc2cc(Br)cs2)cc([N+](=O)[O-])c1. The van der Waals surface area contributed by atoms with Crippen LogP contribution in [-0.4, -0.2) is 11.5 Å². The Morgan fingerprint density at radius 2 is 1.95 bits per heavy atom. The summed E-state index contributed by atoms with van der Waals surface area (Å²) in [6.07, 6.45) is 0.967. The number of nitrogens with zero attached hydrogens (tertiary/aromatic N) is 1. The van der Waals surface area contributed by atoms with Gasteiger partial charge in [-0.3, -0.25) is 10.1 Å². The van der Waals surface area contributed by atoms with Crippen LogP contribution in [0.3, 0.4) is 0 Å². The molecule has 0 aliphatic carbocycles. The number of rotatable bonds is 7. The molecule has 0 atom stereocenters. The van der Waals surface area contributed by atoms with E-state index in [0.717, 1.165) is 33.7 Å². The number of nitrogens with one attached hydrogen (secondary N) is 2. The third-order valence-corrected chi connectivity index (χ3v) is 4.49. The molecule has 0 amide bonds. The van der Waals surface area contributed by atoms with Crippen molar-refractivity contribution in [3.05, 3.63) is 49.1 Å². The summed E-state index contributed by atoms with van der Waals surface area (Å²) in [4.78, 5) is 11.8. The quantitative estimate of drug-likeness (QED) is 0.540. The third kappa shape index (κ3) is 4.71. The van der Waals surface area contributed by atoms with E-state index < -0.39 is 0 Å². The van der Waals surface area contributed by atoms with E-state index in [2.05, 4.69) is 33.5 Å². The Bertz CT molecular complexity index is 630. The molecular formula is C14H16BrN3O2S. The van der Waals surface area contributed by atoms with Gasteiger partial charge in [0.2, 0.25) is 0 Å². The van der Waals surface area contributed by atoms with E-state index in [1.54, 1.807) is 23.5 Å². The fourth-order valence-corrected chi connectivity index (χ4v) is 3.22. The molecule has 0 bridgehead atoms. The lowest BCUT2D eigenvalue weighted by Gasteiger charge is -2.09. The fraction of sp³-hybridized carbons (Fsp3) is 0.286. The molecule has 7 heteroatoms.